The normalized spacial score (nSPS) is 10.9. The van der Waals surface area contributed by atoms with Gasteiger partial charge in [-0.1, -0.05) is 23.2 Å². The summed E-state index contributed by atoms with van der Waals surface area (Å²) in [6.45, 7) is 8.32. The Kier molecular flexibility index (Phi) is 8.02. The van der Waals surface area contributed by atoms with Crippen LogP contribution in [0.15, 0.2) is 91.1 Å². The first-order valence-corrected chi connectivity index (χ1v) is 14.2. The highest BCUT2D eigenvalue weighted by atomic mass is 127. The Balaban J connectivity index is 0.000000158. The molecule has 0 aliphatic rings. The molecule has 0 bridgehead atoms. The summed E-state index contributed by atoms with van der Waals surface area (Å²) < 4.78 is 9.11. The van der Waals surface area contributed by atoms with Gasteiger partial charge in [0.15, 0.2) is 11.6 Å². The Morgan fingerprint density at radius 1 is 0.564 bits per heavy atom. The molecule has 0 aliphatic heterocycles. The molecule has 39 heavy (non-hydrogen) atoms. The van der Waals surface area contributed by atoms with Gasteiger partial charge >= 0.3 is 0 Å². The smallest absolute Gasteiger partial charge is 0.160 e. The number of halogens is 3. The summed E-state index contributed by atoms with van der Waals surface area (Å²) in [5, 5.41) is 10.8. The summed E-state index contributed by atoms with van der Waals surface area (Å²) in [6, 6.07) is 27.8. The van der Waals surface area contributed by atoms with Crippen molar-refractivity contribution in [3.05, 3.63) is 128 Å². The van der Waals surface area contributed by atoms with Crippen LogP contribution in [-0.2, 0) is 0 Å². The van der Waals surface area contributed by atoms with E-state index in [1.54, 1.807) is 0 Å². The van der Waals surface area contributed by atoms with Crippen LogP contribution in [0.5, 0.6) is 0 Å². The molecular formula is C30H27Cl2IN6. The van der Waals surface area contributed by atoms with E-state index in [1.807, 2.05) is 70.2 Å². The maximum atomic E-state index is 5.93. The van der Waals surface area contributed by atoms with Crippen LogP contribution in [0.25, 0.3) is 23.0 Å². The molecule has 0 amide bonds. The van der Waals surface area contributed by atoms with Crippen molar-refractivity contribution in [2.75, 3.05) is 0 Å². The highest BCUT2D eigenvalue weighted by Gasteiger charge is 2.12. The van der Waals surface area contributed by atoms with Crippen molar-refractivity contribution in [1.29, 1.82) is 0 Å². The van der Waals surface area contributed by atoms with E-state index in [-0.39, 0.29) is 0 Å². The number of hydrogen-bond acceptors (Lipinski definition) is 2. The molecule has 0 fully saturated rings. The zero-order chi connectivity index (χ0) is 27.7. The molecule has 6 aromatic rings. The molecule has 4 heterocycles. The van der Waals surface area contributed by atoms with Gasteiger partial charge in [-0.3, -0.25) is 0 Å². The molecule has 0 atom stereocenters. The van der Waals surface area contributed by atoms with E-state index in [2.05, 4.69) is 94.9 Å². The molecule has 0 N–H and O–H groups in total. The Morgan fingerprint density at radius 2 is 1.03 bits per heavy atom. The van der Waals surface area contributed by atoms with E-state index in [1.165, 1.54) is 22.8 Å². The highest BCUT2D eigenvalue weighted by molar-refractivity contribution is 14.1. The van der Waals surface area contributed by atoms with E-state index in [0.29, 0.717) is 0 Å². The van der Waals surface area contributed by atoms with Crippen molar-refractivity contribution >= 4 is 45.8 Å². The predicted octanol–water partition coefficient (Wildman–Crippen LogP) is 8.47. The zero-order valence-electron chi connectivity index (χ0n) is 22.0. The van der Waals surface area contributed by atoms with E-state index < -0.39 is 0 Å². The lowest BCUT2D eigenvalue weighted by atomic mass is 10.3. The summed E-state index contributed by atoms with van der Waals surface area (Å²) in [5.74, 6) is 1.86. The molecule has 0 saturated carbocycles. The zero-order valence-corrected chi connectivity index (χ0v) is 25.6. The van der Waals surface area contributed by atoms with Crippen LogP contribution in [0.2, 0.25) is 10.0 Å². The van der Waals surface area contributed by atoms with Crippen molar-refractivity contribution in [3.8, 4) is 23.0 Å². The van der Waals surface area contributed by atoms with Crippen LogP contribution in [0.3, 0.4) is 0 Å². The molecule has 0 radical (unpaired) electrons. The third-order valence-electron chi connectivity index (χ3n) is 6.39. The molecule has 9 heteroatoms. The van der Waals surface area contributed by atoms with E-state index in [4.69, 9.17) is 28.3 Å². The molecule has 6 rings (SSSR count). The average molecular weight is 669 g/mol. The minimum Gasteiger partial charge on any atom is -0.302 e. The number of hydrogen-bond donors (Lipinski definition) is 0. The quantitative estimate of drug-likeness (QED) is 0.177. The first-order chi connectivity index (χ1) is 18.7. The summed E-state index contributed by atoms with van der Waals surface area (Å²) >= 11 is 14.1. The standard InChI is InChI=1S/C15H13ClIN3.C15H14ClN3/c1-10-3-4-11(2)19(10)15-9-14(17)20(18-15)13-7-5-12(16)6-8-13;1-11-3-4-12(2)19(11)15-9-10-18(17-15)14-7-5-13(16)6-8-14/h3-9H,1-2H3;3-10H,1-2H3. The molecule has 198 valence electrons. The number of nitrogens with zero attached hydrogens (tertiary/aromatic N) is 6. The summed E-state index contributed by atoms with van der Waals surface area (Å²) in [5.41, 5.74) is 6.72. The topological polar surface area (TPSA) is 45.5 Å². The Labute approximate surface area is 251 Å². The van der Waals surface area contributed by atoms with Crippen LogP contribution in [0.4, 0.5) is 0 Å². The molecule has 0 saturated heterocycles. The van der Waals surface area contributed by atoms with Crippen LogP contribution >= 0.6 is 45.8 Å². The van der Waals surface area contributed by atoms with Gasteiger partial charge in [-0.15, -0.1) is 10.2 Å². The van der Waals surface area contributed by atoms with Gasteiger partial charge in [0.2, 0.25) is 0 Å². The predicted molar refractivity (Wildman–Crippen MR) is 167 cm³/mol. The molecule has 4 aromatic heterocycles. The van der Waals surface area contributed by atoms with Crippen LogP contribution in [-0.4, -0.2) is 28.7 Å². The second-order valence-electron chi connectivity index (χ2n) is 9.21. The maximum absolute atomic E-state index is 5.93. The molecule has 2 aromatic carbocycles. The molecule has 0 unspecified atom stereocenters. The van der Waals surface area contributed by atoms with Crippen molar-refractivity contribution in [2.45, 2.75) is 27.7 Å². The lowest BCUT2D eigenvalue weighted by Gasteiger charge is -2.05. The van der Waals surface area contributed by atoms with Gasteiger partial charge in [0.05, 0.1) is 11.4 Å². The van der Waals surface area contributed by atoms with Crippen molar-refractivity contribution in [2.24, 2.45) is 0 Å². The molecule has 6 nitrogen and oxygen atoms in total. The lowest BCUT2D eigenvalue weighted by Crippen LogP contribution is -2.02. The van der Waals surface area contributed by atoms with Gasteiger partial charge in [-0.2, -0.15) is 0 Å². The fraction of sp³-hybridized carbons (Fsp3) is 0.133. The highest BCUT2D eigenvalue weighted by Crippen LogP contribution is 2.22. The fourth-order valence-electron chi connectivity index (χ4n) is 4.45. The Bertz CT molecular complexity index is 1680. The van der Waals surface area contributed by atoms with Gasteiger partial charge in [0, 0.05) is 51.2 Å². The minimum absolute atomic E-state index is 0.730. The third kappa shape index (κ3) is 5.85. The average Bonchev–Trinajstić information content (AvgIpc) is 3.69. The number of benzene rings is 2. The molecular weight excluding hydrogens is 642 g/mol. The van der Waals surface area contributed by atoms with Gasteiger partial charge in [0.25, 0.3) is 0 Å². The minimum atomic E-state index is 0.730. The van der Waals surface area contributed by atoms with Gasteiger partial charge in [-0.25, -0.2) is 9.36 Å². The second-order valence-corrected chi connectivity index (χ2v) is 11.2. The number of rotatable bonds is 4. The second kappa shape index (κ2) is 11.5. The summed E-state index contributed by atoms with van der Waals surface area (Å²) in [6.07, 6.45) is 1.96. The van der Waals surface area contributed by atoms with Crippen molar-refractivity contribution < 1.29 is 0 Å². The Morgan fingerprint density at radius 3 is 1.54 bits per heavy atom. The van der Waals surface area contributed by atoms with Gasteiger partial charge < -0.3 is 9.13 Å². The fourth-order valence-corrected chi connectivity index (χ4v) is 5.37. The SMILES string of the molecule is Cc1ccc(C)n1-c1cc(I)n(-c2ccc(Cl)cc2)n1.Cc1ccc(C)n1-c1ccn(-c2ccc(Cl)cc2)n1. The number of aryl methyl sites for hydroxylation is 4. The van der Waals surface area contributed by atoms with Crippen molar-refractivity contribution in [1.82, 2.24) is 28.7 Å². The lowest BCUT2D eigenvalue weighted by molar-refractivity contribution is 0.816. The molecule has 0 aliphatic carbocycles. The van der Waals surface area contributed by atoms with Crippen LogP contribution in [0, 0.1) is 31.4 Å². The van der Waals surface area contributed by atoms with Gasteiger partial charge in [-0.05, 0) is 123 Å². The Hall–Kier alpha value is -3.27. The summed E-state index contributed by atoms with van der Waals surface area (Å²) in [4.78, 5) is 0. The van der Waals surface area contributed by atoms with Gasteiger partial charge in [0.1, 0.15) is 3.70 Å². The van der Waals surface area contributed by atoms with Crippen LogP contribution < -0.4 is 0 Å². The first-order valence-electron chi connectivity index (χ1n) is 12.3. The van der Waals surface area contributed by atoms with E-state index in [0.717, 1.165) is 36.8 Å². The summed E-state index contributed by atoms with van der Waals surface area (Å²) in [7, 11) is 0. The van der Waals surface area contributed by atoms with E-state index >= 15 is 0 Å². The monoisotopic (exact) mass is 668 g/mol. The van der Waals surface area contributed by atoms with Crippen molar-refractivity contribution in [3.63, 3.8) is 0 Å². The largest absolute Gasteiger partial charge is 0.302 e. The number of aromatic nitrogens is 6. The third-order valence-corrected chi connectivity index (χ3v) is 7.66. The van der Waals surface area contributed by atoms with E-state index in [9.17, 15) is 0 Å². The maximum Gasteiger partial charge on any atom is 0.160 e. The van der Waals surface area contributed by atoms with Crippen LogP contribution in [0.1, 0.15) is 22.8 Å². The molecule has 0 spiro atoms. The first kappa shape index (κ1) is 27.3.